The van der Waals surface area contributed by atoms with E-state index in [0.29, 0.717) is 22.3 Å². The van der Waals surface area contributed by atoms with Crippen molar-refractivity contribution in [1.29, 1.82) is 0 Å². The highest BCUT2D eigenvalue weighted by atomic mass is 35.5. The second-order valence-corrected chi connectivity index (χ2v) is 5.90. The molecule has 1 aromatic heterocycles. The minimum Gasteiger partial charge on any atom is -0.383 e. The first-order valence-electron chi connectivity index (χ1n) is 6.71. The molecule has 20 heavy (non-hydrogen) atoms. The van der Waals surface area contributed by atoms with Gasteiger partial charge >= 0.3 is 0 Å². The Bertz CT molecular complexity index is 656. The van der Waals surface area contributed by atoms with Gasteiger partial charge in [0.05, 0.1) is 10.0 Å². The SMILES string of the molecule is Nc1nc(Cc2ccc(Cl)c(Cl)c2)nc2c1CCCC2. The molecule has 1 aliphatic carbocycles. The van der Waals surface area contributed by atoms with Gasteiger partial charge in [-0.15, -0.1) is 0 Å². The van der Waals surface area contributed by atoms with Crippen LogP contribution in [0.4, 0.5) is 5.82 Å². The Morgan fingerprint density at radius 3 is 2.65 bits per heavy atom. The van der Waals surface area contributed by atoms with Crippen LogP contribution in [0.1, 0.15) is 35.5 Å². The minimum atomic E-state index is 0.551. The Morgan fingerprint density at radius 1 is 1.05 bits per heavy atom. The second-order valence-electron chi connectivity index (χ2n) is 5.08. The largest absolute Gasteiger partial charge is 0.383 e. The summed E-state index contributed by atoms with van der Waals surface area (Å²) in [6, 6.07) is 5.58. The van der Waals surface area contributed by atoms with Crippen molar-refractivity contribution in [3.63, 3.8) is 0 Å². The number of rotatable bonds is 2. The van der Waals surface area contributed by atoms with Crippen molar-refractivity contribution in [2.75, 3.05) is 5.73 Å². The topological polar surface area (TPSA) is 51.8 Å². The zero-order valence-corrected chi connectivity index (χ0v) is 12.5. The van der Waals surface area contributed by atoms with E-state index in [0.717, 1.165) is 35.5 Å². The zero-order chi connectivity index (χ0) is 14.1. The molecule has 2 aromatic rings. The first-order chi connectivity index (χ1) is 9.63. The highest BCUT2D eigenvalue weighted by molar-refractivity contribution is 6.42. The maximum atomic E-state index is 6.05. The fourth-order valence-electron chi connectivity index (χ4n) is 2.59. The van der Waals surface area contributed by atoms with E-state index in [9.17, 15) is 0 Å². The molecule has 0 radical (unpaired) electrons. The van der Waals surface area contributed by atoms with Gasteiger partial charge < -0.3 is 5.73 Å². The lowest BCUT2D eigenvalue weighted by Crippen LogP contribution is -2.13. The molecule has 1 heterocycles. The van der Waals surface area contributed by atoms with Gasteiger partial charge in [0.25, 0.3) is 0 Å². The fourth-order valence-corrected chi connectivity index (χ4v) is 2.91. The predicted molar refractivity (Wildman–Crippen MR) is 82.4 cm³/mol. The smallest absolute Gasteiger partial charge is 0.135 e. The van der Waals surface area contributed by atoms with E-state index in [-0.39, 0.29) is 0 Å². The van der Waals surface area contributed by atoms with E-state index in [1.54, 1.807) is 6.07 Å². The molecule has 0 spiro atoms. The molecule has 3 rings (SSSR count). The van der Waals surface area contributed by atoms with Gasteiger partial charge in [-0.2, -0.15) is 0 Å². The second kappa shape index (κ2) is 5.58. The van der Waals surface area contributed by atoms with Crippen LogP contribution in [0, 0.1) is 0 Å². The third-order valence-corrected chi connectivity index (χ3v) is 4.35. The van der Waals surface area contributed by atoms with Crippen molar-refractivity contribution in [3.05, 3.63) is 50.9 Å². The zero-order valence-electron chi connectivity index (χ0n) is 11.0. The van der Waals surface area contributed by atoms with Crippen molar-refractivity contribution in [2.24, 2.45) is 0 Å². The summed E-state index contributed by atoms with van der Waals surface area (Å²) in [5, 5.41) is 1.11. The van der Waals surface area contributed by atoms with Crippen LogP contribution >= 0.6 is 23.2 Å². The van der Waals surface area contributed by atoms with Crippen molar-refractivity contribution in [3.8, 4) is 0 Å². The lowest BCUT2D eigenvalue weighted by molar-refractivity contribution is 0.658. The highest BCUT2D eigenvalue weighted by Crippen LogP contribution is 2.26. The molecule has 0 saturated carbocycles. The van der Waals surface area contributed by atoms with E-state index in [4.69, 9.17) is 28.9 Å². The molecular weight excluding hydrogens is 293 g/mol. The number of halogens is 2. The number of aromatic nitrogens is 2. The number of nitrogen functional groups attached to an aromatic ring is 1. The summed E-state index contributed by atoms with van der Waals surface area (Å²) in [6.45, 7) is 0. The van der Waals surface area contributed by atoms with Crippen LogP contribution in [0.5, 0.6) is 0 Å². The maximum Gasteiger partial charge on any atom is 0.135 e. The first kappa shape index (κ1) is 13.7. The highest BCUT2D eigenvalue weighted by Gasteiger charge is 2.16. The Morgan fingerprint density at radius 2 is 1.85 bits per heavy atom. The molecular formula is C15H15Cl2N3. The maximum absolute atomic E-state index is 6.05. The van der Waals surface area contributed by atoms with Crippen molar-refractivity contribution in [2.45, 2.75) is 32.1 Å². The fraction of sp³-hybridized carbons (Fsp3) is 0.333. The number of hydrogen-bond acceptors (Lipinski definition) is 3. The summed E-state index contributed by atoms with van der Waals surface area (Å²) in [5.41, 5.74) is 9.33. The Balaban J connectivity index is 1.90. The van der Waals surface area contributed by atoms with Crippen LogP contribution in [0.2, 0.25) is 10.0 Å². The van der Waals surface area contributed by atoms with Crippen LogP contribution in [0.25, 0.3) is 0 Å². The molecule has 104 valence electrons. The molecule has 3 nitrogen and oxygen atoms in total. The van der Waals surface area contributed by atoms with Crippen LogP contribution in [0.3, 0.4) is 0 Å². The van der Waals surface area contributed by atoms with Gasteiger partial charge in [0.1, 0.15) is 11.6 Å². The third-order valence-electron chi connectivity index (χ3n) is 3.61. The number of anilines is 1. The molecule has 0 unspecified atom stereocenters. The lowest BCUT2D eigenvalue weighted by atomic mass is 9.96. The summed E-state index contributed by atoms with van der Waals surface area (Å²) in [5.74, 6) is 1.38. The number of hydrogen-bond donors (Lipinski definition) is 1. The summed E-state index contributed by atoms with van der Waals surface area (Å²) in [7, 11) is 0. The van der Waals surface area contributed by atoms with Gasteiger partial charge in [-0.05, 0) is 43.4 Å². The molecule has 0 aliphatic heterocycles. The van der Waals surface area contributed by atoms with Gasteiger partial charge in [0.2, 0.25) is 0 Å². The van der Waals surface area contributed by atoms with Crippen molar-refractivity contribution in [1.82, 2.24) is 9.97 Å². The Labute approximate surface area is 128 Å². The molecule has 0 bridgehead atoms. The number of nitrogens with zero attached hydrogens (tertiary/aromatic N) is 2. The first-order valence-corrected chi connectivity index (χ1v) is 7.47. The van der Waals surface area contributed by atoms with E-state index in [1.807, 2.05) is 12.1 Å². The van der Waals surface area contributed by atoms with Gasteiger partial charge in [0.15, 0.2) is 0 Å². The van der Waals surface area contributed by atoms with E-state index >= 15 is 0 Å². The van der Waals surface area contributed by atoms with Gasteiger partial charge in [-0.1, -0.05) is 29.3 Å². The van der Waals surface area contributed by atoms with Crippen LogP contribution in [-0.4, -0.2) is 9.97 Å². The molecule has 0 fully saturated rings. The normalized spacial score (nSPS) is 14.1. The molecule has 5 heteroatoms. The average molecular weight is 308 g/mol. The summed E-state index contributed by atoms with van der Waals surface area (Å²) < 4.78 is 0. The van der Waals surface area contributed by atoms with Gasteiger partial charge in [0, 0.05) is 17.7 Å². The summed E-state index contributed by atoms with van der Waals surface area (Å²) in [6.07, 6.45) is 4.96. The summed E-state index contributed by atoms with van der Waals surface area (Å²) in [4.78, 5) is 9.08. The number of fused-ring (bicyclic) bond motifs is 1. The number of nitrogens with two attached hydrogens (primary N) is 1. The van der Waals surface area contributed by atoms with Crippen molar-refractivity contribution >= 4 is 29.0 Å². The number of aryl methyl sites for hydroxylation is 1. The standard InChI is InChI=1S/C15H15Cl2N3/c16-11-6-5-9(7-12(11)17)8-14-19-13-4-2-1-3-10(13)15(18)20-14/h5-7H,1-4,8H2,(H2,18,19,20). The molecule has 1 aliphatic rings. The third kappa shape index (κ3) is 2.74. The monoisotopic (exact) mass is 307 g/mol. The van der Waals surface area contributed by atoms with Crippen LogP contribution in [0.15, 0.2) is 18.2 Å². The molecule has 0 saturated heterocycles. The lowest BCUT2D eigenvalue weighted by Gasteiger charge is -2.17. The molecule has 2 N–H and O–H groups in total. The average Bonchev–Trinajstić information content (AvgIpc) is 2.43. The van der Waals surface area contributed by atoms with E-state index in [2.05, 4.69) is 9.97 Å². The molecule has 0 atom stereocenters. The Kier molecular flexibility index (Phi) is 3.81. The summed E-state index contributed by atoms with van der Waals surface area (Å²) >= 11 is 11.9. The van der Waals surface area contributed by atoms with Gasteiger partial charge in [-0.25, -0.2) is 9.97 Å². The van der Waals surface area contributed by atoms with E-state index in [1.165, 1.54) is 12.8 Å². The van der Waals surface area contributed by atoms with Crippen LogP contribution in [-0.2, 0) is 19.3 Å². The molecule has 1 aromatic carbocycles. The van der Waals surface area contributed by atoms with E-state index < -0.39 is 0 Å². The minimum absolute atomic E-state index is 0.551. The van der Waals surface area contributed by atoms with Crippen molar-refractivity contribution < 1.29 is 0 Å². The quantitative estimate of drug-likeness (QED) is 0.917. The predicted octanol–water partition coefficient (Wildman–Crippen LogP) is 3.84. The number of benzene rings is 1. The van der Waals surface area contributed by atoms with Crippen LogP contribution < -0.4 is 5.73 Å². The molecule has 0 amide bonds. The Hall–Kier alpha value is -1.32. The van der Waals surface area contributed by atoms with Gasteiger partial charge in [-0.3, -0.25) is 0 Å².